The van der Waals surface area contributed by atoms with Gasteiger partial charge in [0.15, 0.2) is 0 Å². The maximum Gasteiger partial charge on any atom is 0.449 e. The molecule has 0 fully saturated rings. The van der Waals surface area contributed by atoms with E-state index in [0.29, 0.717) is 0 Å². The molecule has 1 heterocycles. The van der Waals surface area contributed by atoms with Crippen molar-refractivity contribution >= 4 is 16.9 Å². The monoisotopic (exact) mass is 391 g/mol. The first-order valence-corrected chi connectivity index (χ1v) is 8.73. The summed E-state index contributed by atoms with van der Waals surface area (Å²) in [5, 5.41) is 0. The molecule has 0 spiro atoms. The summed E-state index contributed by atoms with van der Waals surface area (Å²) in [6.45, 7) is 0.399. The molecule has 3 aromatic rings. The van der Waals surface area contributed by atoms with Gasteiger partial charge in [-0.05, 0) is 17.7 Å². The highest BCUT2D eigenvalue weighted by molar-refractivity contribution is 5.81. The first-order chi connectivity index (χ1) is 13.4. The van der Waals surface area contributed by atoms with Gasteiger partial charge in [0.2, 0.25) is 11.7 Å². The Balaban J connectivity index is 1.90. The molecule has 8 heteroatoms. The van der Waals surface area contributed by atoms with Gasteiger partial charge in [-0.15, -0.1) is 0 Å². The van der Waals surface area contributed by atoms with E-state index in [4.69, 9.17) is 4.74 Å². The van der Waals surface area contributed by atoms with Crippen LogP contribution in [0, 0.1) is 0 Å². The third kappa shape index (κ3) is 4.51. The molecule has 0 unspecified atom stereocenters. The highest BCUT2D eigenvalue weighted by atomic mass is 19.4. The van der Waals surface area contributed by atoms with Gasteiger partial charge in [0.1, 0.15) is 6.54 Å². The fourth-order valence-corrected chi connectivity index (χ4v) is 2.98. The Kier molecular flexibility index (Phi) is 5.99. The zero-order valence-electron chi connectivity index (χ0n) is 15.3. The van der Waals surface area contributed by atoms with E-state index in [9.17, 15) is 18.0 Å². The smallest absolute Gasteiger partial charge is 0.383 e. The fourth-order valence-electron chi connectivity index (χ4n) is 2.98. The molecule has 3 rings (SSSR count). The molecular formula is C20H20F3N3O2. The summed E-state index contributed by atoms with van der Waals surface area (Å²) in [4.78, 5) is 18.1. The van der Waals surface area contributed by atoms with E-state index in [0.717, 1.165) is 10.1 Å². The minimum atomic E-state index is -4.66. The number of nitrogens with zero attached hydrogens (tertiary/aromatic N) is 3. The number of imidazole rings is 1. The Morgan fingerprint density at radius 1 is 1.11 bits per heavy atom. The number of hydrogen-bond donors (Lipinski definition) is 0. The van der Waals surface area contributed by atoms with Crippen LogP contribution in [0.5, 0.6) is 0 Å². The van der Waals surface area contributed by atoms with E-state index in [1.165, 1.54) is 24.1 Å². The van der Waals surface area contributed by atoms with Gasteiger partial charge in [0, 0.05) is 20.2 Å². The molecule has 0 aliphatic heterocycles. The van der Waals surface area contributed by atoms with Crippen LogP contribution < -0.4 is 0 Å². The highest BCUT2D eigenvalue weighted by Crippen LogP contribution is 2.31. The van der Waals surface area contributed by atoms with Crippen molar-refractivity contribution in [2.24, 2.45) is 0 Å². The van der Waals surface area contributed by atoms with Crippen molar-refractivity contribution in [2.45, 2.75) is 19.3 Å². The summed E-state index contributed by atoms with van der Waals surface area (Å²) in [7, 11) is 1.51. The average Bonchev–Trinajstić information content (AvgIpc) is 3.05. The molecule has 0 bridgehead atoms. The summed E-state index contributed by atoms with van der Waals surface area (Å²) in [5.74, 6) is -1.51. The van der Waals surface area contributed by atoms with Crippen LogP contribution in [-0.2, 0) is 28.8 Å². The van der Waals surface area contributed by atoms with E-state index >= 15 is 0 Å². The lowest BCUT2D eigenvalue weighted by Crippen LogP contribution is -2.36. The van der Waals surface area contributed by atoms with Crippen LogP contribution in [-0.4, -0.2) is 40.6 Å². The standard InChI is InChI=1S/C20H20F3N3O2/c1-28-12-11-25(13-15-7-3-2-4-8-15)18(27)14-26-17-10-6-5-9-16(17)24-19(26)20(21,22)23/h2-10H,11-14H2,1H3. The van der Waals surface area contributed by atoms with Gasteiger partial charge >= 0.3 is 6.18 Å². The number of hydrogen-bond acceptors (Lipinski definition) is 3. The van der Waals surface area contributed by atoms with Crippen molar-refractivity contribution in [3.8, 4) is 0 Å². The van der Waals surface area contributed by atoms with Crippen LogP contribution in [0.15, 0.2) is 54.6 Å². The molecule has 5 nitrogen and oxygen atoms in total. The molecule has 0 aliphatic rings. The summed E-state index contributed by atoms with van der Waals surface area (Å²) in [5.41, 5.74) is 1.36. The Morgan fingerprint density at radius 2 is 1.79 bits per heavy atom. The van der Waals surface area contributed by atoms with Crippen LogP contribution in [0.2, 0.25) is 0 Å². The molecule has 0 radical (unpaired) electrons. The number of ether oxygens (including phenoxy) is 1. The predicted octanol–water partition coefficient (Wildman–Crippen LogP) is 3.73. The van der Waals surface area contributed by atoms with E-state index in [-0.39, 0.29) is 30.7 Å². The first kappa shape index (κ1) is 19.9. The van der Waals surface area contributed by atoms with E-state index in [1.54, 1.807) is 12.1 Å². The molecule has 148 valence electrons. The van der Waals surface area contributed by atoms with Crippen molar-refractivity contribution in [3.63, 3.8) is 0 Å². The largest absolute Gasteiger partial charge is 0.449 e. The summed E-state index contributed by atoms with van der Waals surface area (Å²) < 4.78 is 46.4. The predicted molar refractivity (Wildman–Crippen MR) is 98.5 cm³/mol. The molecule has 2 aromatic carbocycles. The van der Waals surface area contributed by atoms with Gasteiger partial charge in [-0.25, -0.2) is 4.98 Å². The molecule has 0 aliphatic carbocycles. The number of amides is 1. The van der Waals surface area contributed by atoms with Crippen molar-refractivity contribution in [1.29, 1.82) is 0 Å². The van der Waals surface area contributed by atoms with Crippen LogP contribution in [0.25, 0.3) is 11.0 Å². The van der Waals surface area contributed by atoms with Crippen molar-refractivity contribution in [3.05, 3.63) is 66.0 Å². The van der Waals surface area contributed by atoms with E-state index in [2.05, 4.69) is 4.98 Å². The Bertz CT molecular complexity index is 939. The molecule has 0 atom stereocenters. The summed E-state index contributed by atoms with van der Waals surface area (Å²) in [6.07, 6.45) is -4.66. The number of halogens is 3. The minimum Gasteiger partial charge on any atom is -0.383 e. The zero-order valence-corrected chi connectivity index (χ0v) is 15.3. The number of benzene rings is 2. The molecular weight excluding hydrogens is 371 g/mol. The fraction of sp³-hybridized carbons (Fsp3) is 0.300. The lowest BCUT2D eigenvalue weighted by molar-refractivity contribution is -0.148. The second-order valence-electron chi connectivity index (χ2n) is 6.30. The molecule has 0 saturated heterocycles. The third-order valence-electron chi connectivity index (χ3n) is 4.34. The summed E-state index contributed by atoms with van der Waals surface area (Å²) >= 11 is 0. The average molecular weight is 391 g/mol. The highest BCUT2D eigenvalue weighted by Gasteiger charge is 2.38. The number of fused-ring (bicyclic) bond motifs is 1. The normalized spacial score (nSPS) is 11.7. The number of carbonyl (C=O) groups is 1. The first-order valence-electron chi connectivity index (χ1n) is 8.73. The van der Waals surface area contributed by atoms with E-state index < -0.39 is 24.5 Å². The van der Waals surface area contributed by atoms with Crippen molar-refractivity contribution < 1.29 is 22.7 Å². The van der Waals surface area contributed by atoms with Gasteiger partial charge in [-0.2, -0.15) is 13.2 Å². The second-order valence-corrected chi connectivity index (χ2v) is 6.30. The van der Waals surface area contributed by atoms with Crippen LogP contribution in [0.3, 0.4) is 0 Å². The number of carbonyl (C=O) groups excluding carboxylic acids is 1. The lowest BCUT2D eigenvalue weighted by Gasteiger charge is -2.23. The second kappa shape index (κ2) is 8.43. The van der Waals surface area contributed by atoms with Crippen molar-refractivity contribution in [1.82, 2.24) is 14.5 Å². The zero-order chi connectivity index (χ0) is 20.1. The molecule has 1 aromatic heterocycles. The Hall–Kier alpha value is -2.87. The summed E-state index contributed by atoms with van der Waals surface area (Å²) in [6, 6.07) is 15.5. The van der Waals surface area contributed by atoms with Crippen LogP contribution >= 0.6 is 0 Å². The number of methoxy groups -OCH3 is 1. The van der Waals surface area contributed by atoms with Crippen LogP contribution in [0.4, 0.5) is 13.2 Å². The molecule has 0 N–H and O–H groups in total. The number of rotatable bonds is 7. The maximum absolute atomic E-state index is 13.5. The lowest BCUT2D eigenvalue weighted by atomic mass is 10.2. The Labute approximate surface area is 160 Å². The quantitative estimate of drug-likeness (QED) is 0.617. The van der Waals surface area contributed by atoms with E-state index in [1.807, 2.05) is 30.3 Å². The molecule has 1 amide bonds. The van der Waals surface area contributed by atoms with Gasteiger partial charge in [-0.3, -0.25) is 4.79 Å². The van der Waals surface area contributed by atoms with Crippen LogP contribution in [0.1, 0.15) is 11.4 Å². The van der Waals surface area contributed by atoms with Gasteiger partial charge in [0.05, 0.1) is 17.6 Å². The SMILES string of the molecule is COCCN(Cc1ccccc1)C(=O)Cn1c(C(F)(F)F)nc2ccccc21. The van der Waals surface area contributed by atoms with Gasteiger partial charge < -0.3 is 14.2 Å². The van der Waals surface area contributed by atoms with Gasteiger partial charge in [-0.1, -0.05) is 42.5 Å². The Morgan fingerprint density at radius 3 is 2.46 bits per heavy atom. The maximum atomic E-state index is 13.5. The number of aromatic nitrogens is 2. The molecule has 28 heavy (non-hydrogen) atoms. The van der Waals surface area contributed by atoms with Gasteiger partial charge in [0.25, 0.3) is 0 Å². The minimum absolute atomic E-state index is 0.203. The number of alkyl halides is 3. The van der Waals surface area contributed by atoms with Crippen molar-refractivity contribution in [2.75, 3.05) is 20.3 Å². The molecule has 0 saturated carbocycles. The topological polar surface area (TPSA) is 47.4 Å². The third-order valence-corrected chi connectivity index (χ3v) is 4.34. The number of para-hydroxylation sites is 2.